The quantitative estimate of drug-likeness (QED) is 0.597. The lowest BCUT2D eigenvalue weighted by Crippen LogP contribution is -2.52. The fourth-order valence-electron chi connectivity index (χ4n) is 4.24. The van der Waals surface area contributed by atoms with Crippen molar-refractivity contribution in [2.45, 2.75) is 58.0 Å². The number of aliphatic hydroxyl groups is 2. The van der Waals surface area contributed by atoms with E-state index in [4.69, 9.17) is 16.7 Å². The lowest BCUT2D eigenvalue weighted by molar-refractivity contribution is -0.903. The molecule has 142 valence electrons. The van der Waals surface area contributed by atoms with Crippen LogP contribution in [0.3, 0.4) is 0 Å². The van der Waals surface area contributed by atoms with Gasteiger partial charge in [-0.05, 0) is 37.5 Å². The summed E-state index contributed by atoms with van der Waals surface area (Å²) in [5, 5.41) is 26.7. The Morgan fingerprint density at radius 1 is 1.15 bits per heavy atom. The van der Waals surface area contributed by atoms with E-state index in [0.717, 1.165) is 53.2 Å². The molecule has 1 fully saturated rings. The van der Waals surface area contributed by atoms with Crippen molar-refractivity contribution in [2.75, 3.05) is 19.7 Å². The van der Waals surface area contributed by atoms with Crippen LogP contribution in [0.15, 0.2) is 35.1 Å². The van der Waals surface area contributed by atoms with Gasteiger partial charge in [0.05, 0.1) is 6.61 Å². The third-order valence-electron chi connectivity index (χ3n) is 5.82. The van der Waals surface area contributed by atoms with Crippen LogP contribution in [0.1, 0.15) is 56.6 Å². The first-order valence-corrected chi connectivity index (χ1v) is 10.0. The molecule has 2 N–H and O–H groups in total. The van der Waals surface area contributed by atoms with Crippen molar-refractivity contribution in [3.8, 4) is 0 Å². The third kappa shape index (κ3) is 4.04. The Morgan fingerprint density at radius 2 is 1.85 bits per heavy atom. The van der Waals surface area contributed by atoms with Crippen molar-refractivity contribution in [2.24, 2.45) is 5.10 Å². The summed E-state index contributed by atoms with van der Waals surface area (Å²) < 4.78 is 0.296. The first-order valence-electron chi connectivity index (χ1n) is 9.63. The van der Waals surface area contributed by atoms with E-state index in [-0.39, 0.29) is 6.61 Å². The number of nitrogens with zero attached hydrogens (tertiary/aromatic N) is 2. The molecule has 1 heterocycles. The van der Waals surface area contributed by atoms with E-state index in [9.17, 15) is 10.2 Å². The normalized spacial score (nSPS) is 25.6. The van der Waals surface area contributed by atoms with Crippen LogP contribution in [0.4, 0.5) is 0 Å². The number of quaternary nitrogens is 1. The molecule has 1 aromatic rings. The molecule has 5 heteroatoms. The maximum atomic E-state index is 11.2. The predicted molar refractivity (Wildman–Crippen MR) is 106 cm³/mol. The van der Waals surface area contributed by atoms with Gasteiger partial charge in [0.25, 0.3) is 0 Å². The van der Waals surface area contributed by atoms with Crippen LogP contribution in [0.25, 0.3) is 0 Å². The molecule has 0 aromatic heterocycles. The number of aliphatic hydroxyl groups excluding tert-OH is 1. The summed E-state index contributed by atoms with van der Waals surface area (Å²) in [6, 6.07) is 5.93. The largest absolute Gasteiger partial charge is 0.390 e. The van der Waals surface area contributed by atoms with E-state index in [1.165, 1.54) is 12.8 Å². The number of benzene rings is 1. The highest BCUT2D eigenvalue weighted by Crippen LogP contribution is 2.35. The van der Waals surface area contributed by atoms with E-state index < -0.39 is 5.60 Å². The topological polar surface area (TPSA) is 52.8 Å². The van der Waals surface area contributed by atoms with Crippen molar-refractivity contribution < 1.29 is 14.8 Å². The van der Waals surface area contributed by atoms with Crippen LogP contribution in [0.2, 0.25) is 5.02 Å². The Labute approximate surface area is 161 Å². The highest BCUT2D eigenvalue weighted by molar-refractivity contribution is 6.31. The Hall–Kier alpha value is -1.20. The number of aryl methyl sites for hydroxylation is 1. The molecule has 0 spiro atoms. The van der Waals surface area contributed by atoms with Crippen molar-refractivity contribution in [1.82, 2.24) is 0 Å². The zero-order valence-electron chi connectivity index (χ0n) is 15.8. The summed E-state index contributed by atoms with van der Waals surface area (Å²) in [6.07, 6.45) is 8.22. The number of rotatable bonds is 5. The zero-order valence-corrected chi connectivity index (χ0v) is 16.6. The van der Waals surface area contributed by atoms with Gasteiger partial charge in [-0.1, -0.05) is 48.5 Å². The lowest BCUT2D eigenvalue weighted by Gasteiger charge is -2.37. The van der Waals surface area contributed by atoms with Crippen molar-refractivity contribution >= 4 is 17.3 Å². The van der Waals surface area contributed by atoms with Gasteiger partial charge in [-0.25, -0.2) is 0 Å². The highest BCUT2D eigenvalue weighted by Gasteiger charge is 2.44. The molecule has 0 radical (unpaired) electrons. The Morgan fingerprint density at radius 3 is 2.46 bits per heavy atom. The molecule has 1 aromatic carbocycles. The third-order valence-corrected chi connectivity index (χ3v) is 6.24. The monoisotopic (exact) mass is 377 g/mol. The van der Waals surface area contributed by atoms with Crippen molar-refractivity contribution in [1.29, 1.82) is 0 Å². The maximum Gasteiger partial charge on any atom is 0.137 e. The van der Waals surface area contributed by atoms with Gasteiger partial charge in [-0.15, -0.1) is 0 Å². The summed E-state index contributed by atoms with van der Waals surface area (Å²) in [5.74, 6) is 0. The Balaban J connectivity index is 1.93. The fourth-order valence-corrected chi connectivity index (χ4v) is 4.36. The second-order valence-corrected chi connectivity index (χ2v) is 8.31. The summed E-state index contributed by atoms with van der Waals surface area (Å²) in [7, 11) is 0. The van der Waals surface area contributed by atoms with Gasteiger partial charge < -0.3 is 10.2 Å². The Bertz CT molecular complexity index is 721. The SMILES string of the molecule is CC1=CC(c2ccc(Cl)c(C)c2)=N[N+]1(CCO)CC1(O)CCCCCC1. The number of hydrogen-bond acceptors (Lipinski definition) is 3. The molecule has 0 amide bonds. The first-order chi connectivity index (χ1) is 12.4. The maximum absolute atomic E-state index is 11.2. The van der Waals surface area contributed by atoms with Crippen molar-refractivity contribution in [3.05, 3.63) is 46.1 Å². The molecule has 4 nitrogen and oxygen atoms in total. The number of hydrogen-bond donors (Lipinski definition) is 2. The van der Waals surface area contributed by atoms with E-state index in [1.807, 2.05) is 25.1 Å². The minimum atomic E-state index is -0.713. The van der Waals surface area contributed by atoms with Crippen molar-refractivity contribution in [3.63, 3.8) is 0 Å². The molecule has 1 unspecified atom stereocenters. The summed E-state index contributed by atoms with van der Waals surface area (Å²) in [5.41, 5.74) is 3.30. The average molecular weight is 378 g/mol. The molecule has 0 bridgehead atoms. The molecule has 0 saturated heterocycles. The summed E-state index contributed by atoms with van der Waals surface area (Å²) in [6.45, 7) is 5.10. The van der Waals surface area contributed by atoms with Gasteiger partial charge in [0, 0.05) is 23.6 Å². The highest BCUT2D eigenvalue weighted by atomic mass is 35.5. The standard InChI is InChI=1S/C21H30ClN2O2/c1-16-13-18(7-8-19(16)22)20-14-17(2)24(23-20,11-12-25)15-21(26)9-5-3-4-6-10-21/h7-8,13-14,25-26H,3-6,9-12,15H2,1-2H3/q+1. The van der Waals surface area contributed by atoms with Gasteiger partial charge in [0.1, 0.15) is 30.1 Å². The predicted octanol–water partition coefficient (Wildman–Crippen LogP) is 4.16. The molecule has 2 aliphatic rings. The van der Waals surface area contributed by atoms with Crippen LogP contribution in [0.5, 0.6) is 0 Å². The first kappa shape index (κ1) is 19.6. The van der Waals surface area contributed by atoms with E-state index in [0.29, 0.717) is 17.7 Å². The molecule has 26 heavy (non-hydrogen) atoms. The molecular formula is C21H30ClN2O2+. The molecular weight excluding hydrogens is 348 g/mol. The minimum Gasteiger partial charge on any atom is -0.390 e. The number of halogens is 1. The van der Waals surface area contributed by atoms with Crippen LogP contribution >= 0.6 is 11.6 Å². The van der Waals surface area contributed by atoms with E-state index in [2.05, 4.69) is 13.0 Å². The molecule has 3 rings (SSSR count). The molecule has 1 saturated carbocycles. The molecule has 1 aliphatic carbocycles. The van der Waals surface area contributed by atoms with Gasteiger partial charge in [-0.3, -0.25) is 0 Å². The summed E-state index contributed by atoms with van der Waals surface area (Å²) >= 11 is 6.16. The van der Waals surface area contributed by atoms with E-state index >= 15 is 0 Å². The van der Waals surface area contributed by atoms with Crippen LogP contribution in [-0.2, 0) is 0 Å². The second kappa shape index (κ2) is 7.81. The zero-order chi connectivity index (χ0) is 18.8. The van der Waals surface area contributed by atoms with E-state index in [1.54, 1.807) is 0 Å². The smallest absolute Gasteiger partial charge is 0.137 e. The van der Waals surface area contributed by atoms with Gasteiger partial charge >= 0.3 is 0 Å². The van der Waals surface area contributed by atoms with Crippen LogP contribution in [-0.4, -0.2) is 45.8 Å². The molecule has 1 aliphatic heterocycles. The van der Waals surface area contributed by atoms with Gasteiger partial charge in [0.2, 0.25) is 0 Å². The summed E-state index contributed by atoms with van der Waals surface area (Å²) in [4.78, 5) is 0. The average Bonchev–Trinajstić information content (AvgIpc) is 2.76. The lowest BCUT2D eigenvalue weighted by atomic mass is 9.93. The number of allylic oxidation sites excluding steroid dienone is 2. The van der Waals surface area contributed by atoms with Gasteiger partial charge in [-0.2, -0.15) is 4.59 Å². The van der Waals surface area contributed by atoms with Crippen LogP contribution in [0, 0.1) is 6.92 Å². The fraction of sp³-hybridized carbons (Fsp3) is 0.571. The molecule has 1 atom stereocenters. The van der Waals surface area contributed by atoms with Crippen LogP contribution < -0.4 is 0 Å². The second-order valence-electron chi connectivity index (χ2n) is 7.90. The Kier molecular flexibility index (Phi) is 5.88. The minimum absolute atomic E-state index is 0.0394. The van der Waals surface area contributed by atoms with Gasteiger partial charge in [0.15, 0.2) is 0 Å².